The summed E-state index contributed by atoms with van der Waals surface area (Å²) in [4.78, 5) is 2.05. The quantitative estimate of drug-likeness (QED) is 0.346. The standard InChI is InChI=1S/C14H20ClN3O2/c1-18(12-4-2-3-5-13(12)19)9-6-7-10(11(15)8-9)14(16)17-20/h6-8,12-13,19-20H,2-5H2,1H3,(H2,16,17). The third kappa shape index (κ3) is 2.99. The third-order valence-corrected chi connectivity index (χ3v) is 4.25. The van der Waals surface area contributed by atoms with Crippen LogP contribution >= 0.6 is 11.6 Å². The second-order valence-corrected chi connectivity index (χ2v) is 5.59. The molecule has 0 amide bonds. The van der Waals surface area contributed by atoms with E-state index in [1.807, 2.05) is 18.0 Å². The molecule has 5 nitrogen and oxygen atoms in total. The van der Waals surface area contributed by atoms with Gasteiger partial charge in [0, 0.05) is 18.3 Å². The first kappa shape index (κ1) is 14.9. The van der Waals surface area contributed by atoms with Crippen LogP contribution in [0.5, 0.6) is 0 Å². The summed E-state index contributed by atoms with van der Waals surface area (Å²) < 4.78 is 0. The molecule has 0 heterocycles. The van der Waals surface area contributed by atoms with Gasteiger partial charge in [-0.3, -0.25) is 0 Å². The predicted octanol–water partition coefficient (Wildman–Crippen LogP) is 2.17. The van der Waals surface area contributed by atoms with Crippen molar-refractivity contribution in [3.8, 4) is 0 Å². The molecule has 0 radical (unpaired) electrons. The maximum atomic E-state index is 10.1. The topological polar surface area (TPSA) is 82.1 Å². The molecule has 0 bridgehead atoms. The minimum absolute atomic E-state index is 0.0121. The summed E-state index contributed by atoms with van der Waals surface area (Å²) in [7, 11) is 1.95. The highest BCUT2D eigenvalue weighted by atomic mass is 35.5. The Kier molecular flexibility index (Phi) is 4.73. The zero-order valence-corrected chi connectivity index (χ0v) is 12.2. The molecule has 1 aromatic carbocycles. The molecular formula is C14H20ClN3O2. The van der Waals surface area contributed by atoms with Crippen molar-refractivity contribution in [2.75, 3.05) is 11.9 Å². The molecule has 4 N–H and O–H groups in total. The van der Waals surface area contributed by atoms with E-state index in [1.165, 1.54) is 0 Å². The molecule has 0 aliphatic heterocycles. The van der Waals surface area contributed by atoms with E-state index in [0.29, 0.717) is 10.6 Å². The van der Waals surface area contributed by atoms with Gasteiger partial charge in [0.25, 0.3) is 0 Å². The smallest absolute Gasteiger partial charge is 0.171 e. The van der Waals surface area contributed by atoms with Gasteiger partial charge in [0.2, 0.25) is 0 Å². The number of halogens is 1. The molecule has 0 spiro atoms. The maximum absolute atomic E-state index is 10.1. The van der Waals surface area contributed by atoms with Crippen LogP contribution < -0.4 is 10.6 Å². The molecule has 1 fully saturated rings. The lowest BCUT2D eigenvalue weighted by Gasteiger charge is -2.36. The summed E-state index contributed by atoms with van der Waals surface area (Å²) in [5.74, 6) is -0.0121. The highest BCUT2D eigenvalue weighted by molar-refractivity contribution is 6.34. The van der Waals surface area contributed by atoms with E-state index in [2.05, 4.69) is 5.16 Å². The van der Waals surface area contributed by atoms with Crippen molar-refractivity contribution in [3.05, 3.63) is 28.8 Å². The first-order chi connectivity index (χ1) is 9.54. The van der Waals surface area contributed by atoms with E-state index in [9.17, 15) is 5.11 Å². The Hall–Kier alpha value is -1.46. The Balaban J connectivity index is 2.22. The summed E-state index contributed by atoms with van der Waals surface area (Å²) in [6, 6.07) is 5.46. The van der Waals surface area contributed by atoms with Crippen molar-refractivity contribution in [3.63, 3.8) is 0 Å². The van der Waals surface area contributed by atoms with Crippen LogP contribution in [0.4, 0.5) is 5.69 Å². The fourth-order valence-corrected chi connectivity index (χ4v) is 2.99. The first-order valence-corrected chi connectivity index (χ1v) is 7.10. The summed E-state index contributed by atoms with van der Waals surface area (Å²) in [5, 5.41) is 22.2. The van der Waals surface area contributed by atoms with Gasteiger partial charge < -0.3 is 20.9 Å². The average molecular weight is 298 g/mol. The second-order valence-electron chi connectivity index (χ2n) is 5.18. The second kappa shape index (κ2) is 6.33. The van der Waals surface area contributed by atoms with E-state index >= 15 is 0 Å². The number of hydrogen-bond acceptors (Lipinski definition) is 4. The monoisotopic (exact) mass is 297 g/mol. The van der Waals surface area contributed by atoms with Crippen LogP contribution in [0, 0.1) is 0 Å². The van der Waals surface area contributed by atoms with Crippen molar-refractivity contribution in [1.82, 2.24) is 0 Å². The number of hydrogen-bond donors (Lipinski definition) is 3. The van der Waals surface area contributed by atoms with E-state index < -0.39 is 0 Å². The zero-order valence-electron chi connectivity index (χ0n) is 11.5. The van der Waals surface area contributed by atoms with Crippen LogP contribution in [-0.2, 0) is 0 Å². The van der Waals surface area contributed by atoms with Gasteiger partial charge in [0.15, 0.2) is 5.84 Å². The van der Waals surface area contributed by atoms with Gasteiger partial charge in [-0.05, 0) is 31.0 Å². The Morgan fingerprint density at radius 1 is 1.40 bits per heavy atom. The summed E-state index contributed by atoms with van der Waals surface area (Å²) >= 11 is 6.16. The fourth-order valence-electron chi connectivity index (χ4n) is 2.72. The molecule has 0 saturated heterocycles. The number of amidine groups is 1. The van der Waals surface area contributed by atoms with Crippen LogP contribution in [0.15, 0.2) is 23.4 Å². The molecule has 20 heavy (non-hydrogen) atoms. The Labute approximate surface area is 123 Å². The number of oxime groups is 1. The molecule has 2 atom stereocenters. The summed E-state index contributed by atoms with van der Waals surface area (Å²) in [6.07, 6.45) is 3.70. The minimum Gasteiger partial charge on any atom is -0.409 e. The van der Waals surface area contributed by atoms with Gasteiger partial charge in [-0.25, -0.2) is 0 Å². The lowest BCUT2D eigenvalue weighted by atomic mass is 9.91. The number of rotatable bonds is 3. The van der Waals surface area contributed by atoms with Crippen molar-refractivity contribution in [2.45, 2.75) is 37.8 Å². The van der Waals surface area contributed by atoms with Crippen molar-refractivity contribution >= 4 is 23.1 Å². The Morgan fingerprint density at radius 2 is 2.10 bits per heavy atom. The van der Waals surface area contributed by atoms with Crippen molar-refractivity contribution in [2.24, 2.45) is 10.9 Å². The number of anilines is 1. The van der Waals surface area contributed by atoms with Crippen LogP contribution in [0.2, 0.25) is 5.02 Å². The van der Waals surface area contributed by atoms with Crippen molar-refractivity contribution in [1.29, 1.82) is 0 Å². The molecule has 6 heteroatoms. The number of nitrogens with two attached hydrogens (primary N) is 1. The zero-order chi connectivity index (χ0) is 14.7. The van der Waals surface area contributed by atoms with Gasteiger partial charge in [0.05, 0.1) is 17.2 Å². The molecular weight excluding hydrogens is 278 g/mol. The Morgan fingerprint density at radius 3 is 2.70 bits per heavy atom. The third-order valence-electron chi connectivity index (χ3n) is 3.94. The van der Waals surface area contributed by atoms with Crippen LogP contribution in [0.25, 0.3) is 0 Å². The molecule has 2 unspecified atom stereocenters. The molecule has 110 valence electrons. The van der Waals surface area contributed by atoms with Gasteiger partial charge in [-0.15, -0.1) is 0 Å². The SMILES string of the molecule is CN(c1ccc(/C(N)=N/O)c(Cl)c1)C1CCCCC1O. The van der Waals surface area contributed by atoms with Crippen LogP contribution in [-0.4, -0.2) is 35.3 Å². The van der Waals surface area contributed by atoms with E-state index in [0.717, 1.165) is 31.4 Å². The van der Waals surface area contributed by atoms with Crippen LogP contribution in [0.1, 0.15) is 31.2 Å². The van der Waals surface area contributed by atoms with Gasteiger partial charge in [-0.2, -0.15) is 0 Å². The predicted molar refractivity (Wildman–Crippen MR) is 80.6 cm³/mol. The molecule has 0 aromatic heterocycles. The van der Waals surface area contributed by atoms with Gasteiger partial charge >= 0.3 is 0 Å². The molecule has 1 aliphatic carbocycles. The van der Waals surface area contributed by atoms with Crippen LogP contribution in [0.3, 0.4) is 0 Å². The molecule has 1 saturated carbocycles. The number of aliphatic hydroxyl groups excluding tert-OH is 1. The van der Waals surface area contributed by atoms with E-state index in [1.54, 1.807) is 12.1 Å². The minimum atomic E-state index is -0.309. The largest absolute Gasteiger partial charge is 0.409 e. The lowest BCUT2D eigenvalue weighted by molar-refractivity contribution is 0.106. The normalized spacial score (nSPS) is 23.6. The fraction of sp³-hybridized carbons (Fsp3) is 0.500. The van der Waals surface area contributed by atoms with E-state index in [4.69, 9.17) is 22.5 Å². The number of likely N-dealkylation sites (N-methyl/N-ethyl adjacent to an activating group) is 1. The Bertz CT molecular complexity index is 507. The number of aliphatic hydroxyl groups is 1. The summed E-state index contributed by atoms with van der Waals surface area (Å²) in [5.41, 5.74) is 6.96. The molecule has 1 aliphatic rings. The van der Waals surface area contributed by atoms with Gasteiger partial charge in [-0.1, -0.05) is 29.6 Å². The molecule has 2 rings (SSSR count). The lowest BCUT2D eigenvalue weighted by Crippen LogP contribution is -2.43. The maximum Gasteiger partial charge on any atom is 0.171 e. The molecule has 1 aromatic rings. The number of benzene rings is 1. The first-order valence-electron chi connectivity index (χ1n) is 6.73. The highest BCUT2D eigenvalue weighted by Crippen LogP contribution is 2.29. The summed E-state index contributed by atoms with van der Waals surface area (Å²) in [6.45, 7) is 0. The van der Waals surface area contributed by atoms with E-state index in [-0.39, 0.29) is 18.0 Å². The highest BCUT2D eigenvalue weighted by Gasteiger charge is 2.27. The number of nitrogens with zero attached hydrogens (tertiary/aromatic N) is 2. The van der Waals surface area contributed by atoms with Gasteiger partial charge in [0.1, 0.15) is 0 Å². The van der Waals surface area contributed by atoms with Crippen molar-refractivity contribution < 1.29 is 10.3 Å². The average Bonchev–Trinajstić information content (AvgIpc) is 2.46.